The Kier molecular flexibility index (Phi) is 4.28. The molecule has 2 aromatic carbocycles. The third-order valence-corrected chi connectivity index (χ3v) is 4.53. The minimum absolute atomic E-state index is 0.233. The number of nitrogens with zero attached hydrogens (tertiary/aromatic N) is 1. The van der Waals surface area contributed by atoms with Gasteiger partial charge in [-0.1, -0.05) is 49.4 Å². The van der Waals surface area contributed by atoms with Gasteiger partial charge in [-0.15, -0.1) is 0 Å². The first-order valence-electron chi connectivity index (χ1n) is 8.17. The topological polar surface area (TPSA) is 20.3 Å². The van der Waals surface area contributed by atoms with Crippen molar-refractivity contribution in [2.24, 2.45) is 0 Å². The first kappa shape index (κ1) is 14.8. The van der Waals surface area contributed by atoms with E-state index in [1.807, 2.05) is 11.0 Å². The van der Waals surface area contributed by atoms with Gasteiger partial charge in [0.15, 0.2) is 0 Å². The number of amides is 1. The van der Waals surface area contributed by atoms with Gasteiger partial charge in [0.2, 0.25) is 5.91 Å². The molecule has 0 saturated heterocycles. The van der Waals surface area contributed by atoms with Crippen LogP contribution in [0.2, 0.25) is 0 Å². The molecule has 1 atom stereocenters. The predicted molar refractivity (Wildman–Crippen MR) is 91.2 cm³/mol. The Morgan fingerprint density at radius 1 is 1.09 bits per heavy atom. The number of hydrogen-bond donors (Lipinski definition) is 0. The lowest BCUT2D eigenvalue weighted by atomic mass is 10.1. The largest absolute Gasteiger partial charge is 0.309 e. The molecule has 114 valence electrons. The highest BCUT2D eigenvalue weighted by atomic mass is 16.2. The highest BCUT2D eigenvalue weighted by molar-refractivity contribution is 5.96. The van der Waals surface area contributed by atoms with E-state index in [1.165, 1.54) is 16.7 Å². The molecule has 22 heavy (non-hydrogen) atoms. The minimum Gasteiger partial charge on any atom is -0.309 e. The quantitative estimate of drug-likeness (QED) is 0.829. The molecular weight excluding hydrogens is 270 g/mol. The van der Waals surface area contributed by atoms with Crippen LogP contribution in [0.5, 0.6) is 0 Å². The van der Waals surface area contributed by atoms with Crippen LogP contribution in [0.1, 0.15) is 37.0 Å². The molecule has 3 rings (SSSR count). The maximum absolute atomic E-state index is 12.6. The molecule has 0 fully saturated rings. The normalized spacial score (nSPS) is 16.6. The van der Waals surface area contributed by atoms with Crippen LogP contribution in [0.4, 0.5) is 5.69 Å². The SMILES string of the molecule is CCc1ccc(CCC(=O)N2c3ccccc3CC2C)cc1. The number of rotatable bonds is 4. The first-order chi connectivity index (χ1) is 10.7. The molecule has 2 nitrogen and oxygen atoms in total. The number of benzene rings is 2. The van der Waals surface area contributed by atoms with Crippen LogP contribution in [0, 0.1) is 0 Å². The van der Waals surface area contributed by atoms with Gasteiger partial charge in [-0.3, -0.25) is 4.79 Å². The van der Waals surface area contributed by atoms with E-state index < -0.39 is 0 Å². The van der Waals surface area contributed by atoms with E-state index in [-0.39, 0.29) is 11.9 Å². The standard InChI is InChI=1S/C20H23NO/c1-3-16-8-10-17(11-9-16)12-13-20(22)21-15(2)14-18-6-4-5-7-19(18)21/h4-11,15H,3,12-14H2,1-2H3. The van der Waals surface area contributed by atoms with E-state index in [4.69, 9.17) is 0 Å². The van der Waals surface area contributed by atoms with Crippen molar-refractivity contribution in [3.8, 4) is 0 Å². The average Bonchev–Trinajstić information content (AvgIpc) is 2.89. The number of anilines is 1. The van der Waals surface area contributed by atoms with Crippen molar-refractivity contribution >= 4 is 11.6 Å². The lowest BCUT2D eigenvalue weighted by molar-refractivity contribution is -0.118. The van der Waals surface area contributed by atoms with E-state index in [2.05, 4.69) is 56.3 Å². The minimum atomic E-state index is 0.233. The molecule has 0 aromatic heterocycles. The Balaban J connectivity index is 1.67. The number of fused-ring (bicyclic) bond motifs is 1. The molecule has 2 heteroatoms. The van der Waals surface area contributed by atoms with Crippen molar-refractivity contribution < 1.29 is 4.79 Å². The Bertz CT molecular complexity index is 660. The smallest absolute Gasteiger partial charge is 0.227 e. The maximum Gasteiger partial charge on any atom is 0.227 e. The van der Waals surface area contributed by atoms with Crippen molar-refractivity contribution in [3.63, 3.8) is 0 Å². The molecule has 0 aliphatic carbocycles. The van der Waals surface area contributed by atoms with E-state index in [0.717, 1.165) is 24.9 Å². The number of carbonyl (C=O) groups is 1. The summed E-state index contributed by atoms with van der Waals surface area (Å²) in [6, 6.07) is 17.1. The summed E-state index contributed by atoms with van der Waals surface area (Å²) in [7, 11) is 0. The van der Waals surface area contributed by atoms with Crippen LogP contribution in [-0.2, 0) is 24.1 Å². The second-order valence-electron chi connectivity index (χ2n) is 6.12. The van der Waals surface area contributed by atoms with Crippen LogP contribution in [-0.4, -0.2) is 11.9 Å². The van der Waals surface area contributed by atoms with Crippen molar-refractivity contribution in [2.45, 2.75) is 45.6 Å². The van der Waals surface area contributed by atoms with Gasteiger partial charge in [0.25, 0.3) is 0 Å². The van der Waals surface area contributed by atoms with Gasteiger partial charge in [0.1, 0.15) is 0 Å². The molecule has 0 saturated carbocycles. The van der Waals surface area contributed by atoms with Crippen LogP contribution in [0.25, 0.3) is 0 Å². The molecule has 0 bridgehead atoms. The fraction of sp³-hybridized carbons (Fsp3) is 0.350. The Morgan fingerprint density at radius 3 is 2.50 bits per heavy atom. The molecule has 1 aliphatic rings. The summed E-state index contributed by atoms with van der Waals surface area (Å²) in [6.07, 6.45) is 3.41. The van der Waals surface area contributed by atoms with E-state index in [0.29, 0.717) is 6.42 Å². The molecule has 1 heterocycles. The van der Waals surface area contributed by atoms with Crippen molar-refractivity contribution in [2.75, 3.05) is 4.90 Å². The average molecular weight is 293 g/mol. The number of carbonyl (C=O) groups excluding carboxylic acids is 1. The lowest BCUT2D eigenvalue weighted by Crippen LogP contribution is -2.35. The molecule has 1 unspecified atom stereocenters. The van der Waals surface area contributed by atoms with Gasteiger partial charge in [-0.25, -0.2) is 0 Å². The van der Waals surface area contributed by atoms with Gasteiger partial charge in [0, 0.05) is 18.2 Å². The summed E-state index contributed by atoms with van der Waals surface area (Å²) in [5, 5.41) is 0. The van der Waals surface area contributed by atoms with Crippen molar-refractivity contribution in [1.82, 2.24) is 0 Å². The third kappa shape index (κ3) is 2.92. The summed E-state index contributed by atoms with van der Waals surface area (Å²) in [5.74, 6) is 0.233. The third-order valence-electron chi connectivity index (χ3n) is 4.53. The van der Waals surface area contributed by atoms with Crippen LogP contribution >= 0.6 is 0 Å². The van der Waals surface area contributed by atoms with Gasteiger partial charge < -0.3 is 4.90 Å². The highest BCUT2D eigenvalue weighted by Crippen LogP contribution is 2.32. The molecule has 2 aromatic rings. The van der Waals surface area contributed by atoms with Crippen LogP contribution < -0.4 is 4.90 Å². The second kappa shape index (κ2) is 6.35. The molecule has 0 spiro atoms. The molecule has 1 amide bonds. The summed E-state index contributed by atoms with van der Waals surface area (Å²) in [6.45, 7) is 4.29. The van der Waals surface area contributed by atoms with Gasteiger partial charge >= 0.3 is 0 Å². The van der Waals surface area contributed by atoms with Crippen molar-refractivity contribution in [1.29, 1.82) is 0 Å². The van der Waals surface area contributed by atoms with E-state index in [9.17, 15) is 4.79 Å². The summed E-state index contributed by atoms with van der Waals surface area (Å²) < 4.78 is 0. The fourth-order valence-electron chi connectivity index (χ4n) is 3.26. The summed E-state index contributed by atoms with van der Waals surface area (Å²) in [5.41, 5.74) is 4.97. The summed E-state index contributed by atoms with van der Waals surface area (Å²) in [4.78, 5) is 14.6. The van der Waals surface area contributed by atoms with E-state index in [1.54, 1.807) is 0 Å². The van der Waals surface area contributed by atoms with Crippen molar-refractivity contribution in [3.05, 3.63) is 65.2 Å². The maximum atomic E-state index is 12.6. The predicted octanol–water partition coefficient (Wildman–Crippen LogP) is 4.16. The fourth-order valence-corrected chi connectivity index (χ4v) is 3.26. The Morgan fingerprint density at radius 2 is 1.77 bits per heavy atom. The number of aryl methyl sites for hydroxylation is 2. The van der Waals surface area contributed by atoms with Gasteiger partial charge in [-0.05, 0) is 48.9 Å². The van der Waals surface area contributed by atoms with Gasteiger partial charge in [-0.2, -0.15) is 0 Å². The zero-order valence-corrected chi connectivity index (χ0v) is 13.4. The molecule has 1 aliphatic heterocycles. The molecule has 0 radical (unpaired) electrons. The molecular formula is C20H23NO. The number of para-hydroxylation sites is 1. The zero-order valence-electron chi connectivity index (χ0n) is 13.4. The highest BCUT2D eigenvalue weighted by Gasteiger charge is 2.29. The number of hydrogen-bond acceptors (Lipinski definition) is 1. The van der Waals surface area contributed by atoms with Crippen LogP contribution in [0.15, 0.2) is 48.5 Å². The van der Waals surface area contributed by atoms with Crippen LogP contribution in [0.3, 0.4) is 0 Å². The first-order valence-corrected chi connectivity index (χ1v) is 8.17. The van der Waals surface area contributed by atoms with E-state index >= 15 is 0 Å². The zero-order chi connectivity index (χ0) is 15.5. The second-order valence-corrected chi connectivity index (χ2v) is 6.12. The Hall–Kier alpha value is -2.09. The Labute approximate surface area is 132 Å². The molecule has 0 N–H and O–H groups in total. The summed E-state index contributed by atoms with van der Waals surface area (Å²) >= 11 is 0. The van der Waals surface area contributed by atoms with Gasteiger partial charge in [0.05, 0.1) is 0 Å². The lowest BCUT2D eigenvalue weighted by Gasteiger charge is -2.22. The monoisotopic (exact) mass is 293 g/mol.